The number of aromatic nitrogens is 1. The molecule has 0 spiro atoms. The maximum atomic E-state index is 13.4. The molecule has 438 valence electrons. The van der Waals surface area contributed by atoms with Crippen LogP contribution >= 0.6 is 0 Å². The van der Waals surface area contributed by atoms with Gasteiger partial charge in [-0.05, 0) is 127 Å². The first kappa shape index (κ1) is 70.7. The molecule has 14 nitrogen and oxygen atoms in total. The summed E-state index contributed by atoms with van der Waals surface area (Å²) >= 11 is 0. The van der Waals surface area contributed by atoms with Gasteiger partial charge in [-0.2, -0.15) is 0 Å². The molecule has 0 fully saturated rings. The first-order chi connectivity index (χ1) is 36.7. The van der Waals surface area contributed by atoms with Crippen LogP contribution in [-0.4, -0.2) is 45.2 Å². The van der Waals surface area contributed by atoms with Crippen LogP contribution in [0.1, 0.15) is 201 Å². The molecule has 81 heavy (non-hydrogen) atoms. The van der Waals surface area contributed by atoms with Crippen LogP contribution in [0.15, 0.2) is 121 Å². The number of aromatic hydroxyl groups is 1. The van der Waals surface area contributed by atoms with Crippen LogP contribution in [-0.2, 0) is 32.5 Å². The van der Waals surface area contributed by atoms with E-state index in [1.165, 1.54) is 29.8 Å². The van der Waals surface area contributed by atoms with Gasteiger partial charge in [-0.25, -0.2) is 8.78 Å². The molecule has 0 saturated heterocycles. The second-order valence-corrected chi connectivity index (χ2v) is 25.6. The lowest BCUT2D eigenvalue weighted by Gasteiger charge is -2.20. The van der Waals surface area contributed by atoms with E-state index in [9.17, 15) is 23.5 Å². The van der Waals surface area contributed by atoms with E-state index in [1.54, 1.807) is 42.6 Å². The van der Waals surface area contributed by atoms with Crippen molar-refractivity contribution in [2.45, 2.75) is 157 Å². The molecule has 17 N–H and O–H groups in total. The molecule has 0 bridgehead atoms. The lowest BCUT2D eigenvalue weighted by Crippen LogP contribution is -2.17. The van der Waals surface area contributed by atoms with Crippen molar-refractivity contribution in [3.05, 3.63) is 200 Å². The number of nitrogen functional groups attached to an aromatic ring is 4. The highest BCUT2D eigenvalue weighted by molar-refractivity contribution is 5.98. The number of amidine groups is 4. The third-order valence-corrected chi connectivity index (χ3v) is 12.3. The van der Waals surface area contributed by atoms with Gasteiger partial charge in [0.25, 0.3) is 0 Å². The summed E-state index contributed by atoms with van der Waals surface area (Å²) in [5.41, 5.74) is 40.1. The van der Waals surface area contributed by atoms with Gasteiger partial charge in [0.05, 0.1) is 11.1 Å². The predicted octanol–water partition coefficient (Wildman–Crippen LogP) is 12.6. The van der Waals surface area contributed by atoms with Crippen LogP contribution < -0.4 is 34.4 Å². The minimum absolute atomic E-state index is 0.00714. The number of hydrogen-bond acceptors (Lipinski definition) is 8. The summed E-state index contributed by atoms with van der Waals surface area (Å²) in [5.74, 6) is -1.76. The van der Waals surface area contributed by atoms with Gasteiger partial charge in [0, 0.05) is 22.9 Å². The zero-order valence-corrected chi connectivity index (χ0v) is 51.0. The predicted molar refractivity (Wildman–Crippen MR) is 331 cm³/mol. The van der Waals surface area contributed by atoms with E-state index in [1.807, 2.05) is 96.1 Å². The van der Waals surface area contributed by atoms with Gasteiger partial charge in [0.2, 0.25) is 11.8 Å². The number of phenolic OH excluding ortho intramolecular Hbond substituents is 1. The Morgan fingerprint density at radius 3 is 1.15 bits per heavy atom. The van der Waals surface area contributed by atoms with E-state index in [-0.39, 0.29) is 78.9 Å². The lowest BCUT2D eigenvalue weighted by atomic mass is 9.85. The van der Waals surface area contributed by atoms with Crippen molar-refractivity contribution >= 4 is 35.2 Å². The van der Waals surface area contributed by atoms with Crippen molar-refractivity contribution < 1.29 is 23.5 Å². The third kappa shape index (κ3) is 23.9. The SMILES string of the molecule is CC(C)(C)c1cc(C(N)=O)ccc1F.CC(C)(C)c1ccc(C(=N)N)c(F)c1.CC(C)(C)c1ccc(C(=N)N)c(O)c1.CC(C)(C)c1ccc(C(=N)N)cc1.CC(C)(C)c1ccc(C(=N)N)nc1.CC(C)(C)c1cccc(C(N)=O)c1. The molecule has 0 aliphatic heterocycles. The number of amides is 2. The third-order valence-electron chi connectivity index (χ3n) is 12.3. The maximum Gasteiger partial charge on any atom is 0.248 e. The molecular formula is C65H91F2N11O3. The normalized spacial score (nSPS) is 11.4. The molecular weight excluding hydrogens is 1020 g/mol. The fourth-order valence-corrected chi connectivity index (χ4v) is 6.96. The Balaban J connectivity index is 0.000000486. The van der Waals surface area contributed by atoms with E-state index >= 15 is 0 Å². The van der Waals surface area contributed by atoms with E-state index in [0.29, 0.717) is 27.9 Å². The highest BCUT2D eigenvalue weighted by atomic mass is 19.1. The summed E-state index contributed by atoms with van der Waals surface area (Å²) in [6.45, 7) is 37.0. The quantitative estimate of drug-likeness (QED) is 0.0561. The highest BCUT2D eigenvalue weighted by Gasteiger charge is 2.21. The summed E-state index contributed by atoms with van der Waals surface area (Å²) in [6.07, 6.45) is 1.77. The Labute approximate surface area is 480 Å². The second kappa shape index (κ2) is 28.7. The van der Waals surface area contributed by atoms with Crippen molar-refractivity contribution in [3.8, 4) is 5.75 Å². The zero-order chi connectivity index (χ0) is 63.0. The smallest absolute Gasteiger partial charge is 0.248 e. The number of hydrogen-bond donors (Lipinski definition) is 11. The molecule has 6 aromatic rings. The largest absolute Gasteiger partial charge is 0.507 e. The first-order valence-electron chi connectivity index (χ1n) is 26.3. The number of halogens is 2. The molecule has 1 aromatic heterocycles. The van der Waals surface area contributed by atoms with Crippen LogP contribution in [0.3, 0.4) is 0 Å². The van der Waals surface area contributed by atoms with Crippen molar-refractivity contribution in [1.29, 1.82) is 21.6 Å². The highest BCUT2D eigenvalue weighted by Crippen LogP contribution is 2.29. The van der Waals surface area contributed by atoms with Gasteiger partial charge >= 0.3 is 0 Å². The molecule has 5 aromatic carbocycles. The van der Waals surface area contributed by atoms with Gasteiger partial charge in [-0.15, -0.1) is 0 Å². The van der Waals surface area contributed by atoms with Crippen LogP contribution in [0.4, 0.5) is 8.78 Å². The van der Waals surface area contributed by atoms with Gasteiger partial charge in [0.1, 0.15) is 46.4 Å². The van der Waals surface area contributed by atoms with Gasteiger partial charge in [-0.3, -0.25) is 36.2 Å². The topological polar surface area (TPSA) is 319 Å². The Hall–Kier alpha value is -8.27. The van der Waals surface area contributed by atoms with Crippen LogP contribution in [0.25, 0.3) is 0 Å². The Morgan fingerprint density at radius 1 is 0.395 bits per heavy atom. The van der Waals surface area contributed by atoms with E-state index in [4.69, 9.17) is 56.0 Å². The number of pyridine rings is 1. The number of phenols is 1. The maximum absolute atomic E-state index is 13.4. The molecule has 0 aliphatic rings. The van der Waals surface area contributed by atoms with E-state index in [2.05, 4.69) is 88.1 Å². The molecule has 16 heteroatoms. The molecule has 0 unspecified atom stereocenters. The van der Waals surface area contributed by atoms with Gasteiger partial charge in [-0.1, -0.05) is 179 Å². The average Bonchev–Trinajstić information content (AvgIpc) is 3.34. The number of primary amides is 2. The number of carbonyl (C=O) groups excluding carboxylic acids is 2. The molecule has 6 rings (SSSR count). The minimum Gasteiger partial charge on any atom is -0.507 e. The van der Waals surface area contributed by atoms with Crippen molar-refractivity contribution in [1.82, 2.24) is 4.98 Å². The molecule has 0 saturated carbocycles. The van der Waals surface area contributed by atoms with Crippen LogP contribution in [0.5, 0.6) is 5.75 Å². The molecule has 1 heterocycles. The van der Waals surface area contributed by atoms with Crippen LogP contribution in [0.2, 0.25) is 0 Å². The summed E-state index contributed by atoms with van der Waals surface area (Å²) in [4.78, 5) is 25.9. The molecule has 2 amide bonds. The van der Waals surface area contributed by atoms with Gasteiger partial charge < -0.3 is 39.5 Å². The Morgan fingerprint density at radius 2 is 0.790 bits per heavy atom. The number of rotatable bonds is 6. The number of benzene rings is 5. The number of nitrogens with two attached hydrogens (primary N) is 6. The zero-order valence-electron chi connectivity index (χ0n) is 51.0. The Kier molecular flexibility index (Phi) is 25.1. The summed E-state index contributed by atoms with van der Waals surface area (Å²) in [6, 6.07) is 33.2. The number of carbonyl (C=O) groups is 2. The number of nitrogens with zero attached hydrogens (tertiary/aromatic N) is 1. The molecule has 0 atom stereocenters. The van der Waals surface area contributed by atoms with Crippen molar-refractivity contribution in [2.75, 3.05) is 0 Å². The van der Waals surface area contributed by atoms with E-state index in [0.717, 1.165) is 27.8 Å². The fraction of sp³-hybridized carbons (Fsp3) is 0.369. The lowest BCUT2D eigenvalue weighted by molar-refractivity contribution is 0.0991. The second-order valence-electron chi connectivity index (χ2n) is 25.6. The summed E-state index contributed by atoms with van der Waals surface area (Å²) < 4.78 is 26.8. The van der Waals surface area contributed by atoms with E-state index < -0.39 is 11.7 Å². The molecule has 0 radical (unpaired) electrons. The first-order valence-corrected chi connectivity index (χ1v) is 26.3. The number of nitrogens with one attached hydrogen (secondary N) is 4. The average molecular weight is 1110 g/mol. The monoisotopic (exact) mass is 1110 g/mol. The standard InChI is InChI=1S/C11H15FN2.C11H14FNO.C11H16N2O.C11H16N2.C11H15NO.C10H15N3/c1-11(2,3)7-4-5-8(10(13)14)9(12)6-7;1-11(2,3)8-6-7(10(13)14)4-5-9(8)12;1-11(2,3)7-4-5-8(10(12)13)9(14)6-7;1-11(2,3)9-6-4-8(5-7-9)10(12)13;1-11(2,3)9-6-4-5-8(7-9)10(12)13;1-10(2,3)7-4-5-8(9(11)12)13-6-7/h4-6H,1-3H3,(H3,13,14);4-6H,1-3H3,(H2,13,14);4-6,14H,1-3H3,(H3,12,13);4-7H,1-3H3,(H3,12,13);4-7H,1-3H3,(H2,12,13);4-6H,1-3H3,(H3,11,12). The summed E-state index contributed by atoms with van der Waals surface area (Å²) in [7, 11) is 0. The van der Waals surface area contributed by atoms with Crippen molar-refractivity contribution in [2.24, 2.45) is 34.4 Å². The van der Waals surface area contributed by atoms with Crippen molar-refractivity contribution in [3.63, 3.8) is 0 Å². The molecule has 0 aliphatic carbocycles. The Bertz CT molecular complexity index is 2990. The van der Waals surface area contributed by atoms with Gasteiger partial charge in [0.15, 0.2) is 0 Å². The van der Waals surface area contributed by atoms with Crippen LogP contribution in [0, 0.1) is 33.3 Å². The fourth-order valence-electron chi connectivity index (χ4n) is 6.96. The minimum atomic E-state index is -0.532. The summed E-state index contributed by atoms with van der Waals surface area (Å²) in [5, 5.41) is 38.4.